The van der Waals surface area contributed by atoms with Gasteiger partial charge in [-0.05, 0) is 37.0 Å². The largest absolute Gasteiger partial charge is 0.352 e. The van der Waals surface area contributed by atoms with E-state index >= 15 is 0 Å². The highest BCUT2D eigenvalue weighted by atomic mass is 32.2. The van der Waals surface area contributed by atoms with Gasteiger partial charge >= 0.3 is 0 Å². The normalized spacial score (nSPS) is 23.6. The van der Waals surface area contributed by atoms with E-state index in [1.54, 1.807) is 25.1 Å². The summed E-state index contributed by atoms with van der Waals surface area (Å²) in [5.74, 6) is -0.906. The van der Waals surface area contributed by atoms with Crippen LogP contribution in [0.4, 0.5) is 5.69 Å². The molecule has 2 fully saturated rings. The first-order valence-corrected chi connectivity index (χ1v) is 9.94. The van der Waals surface area contributed by atoms with Gasteiger partial charge in [0.15, 0.2) is 0 Å². The first-order chi connectivity index (χ1) is 11.4. The minimum atomic E-state index is -3.65. The maximum atomic E-state index is 12.3. The molecule has 6 nitrogen and oxygen atoms in total. The van der Waals surface area contributed by atoms with Gasteiger partial charge in [0, 0.05) is 12.1 Å². The van der Waals surface area contributed by atoms with Crippen molar-refractivity contribution in [2.45, 2.75) is 32.6 Å². The third-order valence-electron chi connectivity index (χ3n) is 4.73. The molecular weight excluding hydrogens is 328 g/mol. The topological polar surface area (TPSA) is 83.6 Å². The molecule has 1 aromatic carbocycles. The molecule has 1 saturated heterocycles. The van der Waals surface area contributed by atoms with Crippen LogP contribution in [0, 0.1) is 11.8 Å². The SMILES string of the molecule is CC1CS(=O)(=O)N(c2cccc(C(=O)NCC3CCCC3)c2)C1=O. The zero-order valence-electron chi connectivity index (χ0n) is 13.7. The lowest BCUT2D eigenvalue weighted by Gasteiger charge is -2.16. The highest BCUT2D eigenvalue weighted by Gasteiger charge is 2.42. The van der Waals surface area contributed by atoms with E-state index in [1.165, 1.54) is 18.9 Å². The highest BCUT2D eigenvalue weighted by Crippen LogP contribution is 2.29. The summed E-state index contributed by atoms with van der Waals surface area (Å²) in [6.45, 7) is 2.24. The maximum Gasteiger partial charge on any atom is 0.251 e. The van der Waals surface area contributed by atoms with Gasteiger partial charge in [0.25, 0.3) is 5.91 Å². The van der Waals surface area contributed by atoms with Crippen molar-refractivity contribution in [3.63, 3.8) is 0 Å². The van der Waals surface area contributed by atoms with Crippen LogP contribution in [-0.4, -0.2) is 32.5 Å². The van der Waals surface area contributed by atoms with Crippen molar-refractivity contribution in [2.24, 2.45) is 11.8 Å². The maximum absolute atomic E-state index is 12.3. The summed E-state index contributed by atoms with van der Waals surface area (Å²) in [4.78, 5) is 24.5. The number of nitrogens with zero attached hydrogens (tertiary/aromatic N) is 1. The molecule has 1 unspecified atom stereocenters. The molecule has 3 rings (SSSR count). The van der Waals surface area contributed by atoms with Crippen LogP contribution in [-0.2, 0) is 14.8 Å². The van der Waals surface area contributed by atoms with E-state index in [-0.39, 0.29) is 17.3 Å². The minimum absolute atomic E-state index is 0.191. The first kappa shape index (κ1) is 17.0. The molecule has 2 aliphatic rings. The lowest BCUT2D eigenvalue weighted by Crippen LogP contribution is -2.31. The van der Waals surface area contributed by atoms with Crippen molar-refractivity contribution in [1.82, 2.24) is 5.32 Å². The third-order valence-corrected chi connectivity index (χ3v) is 6.60. The standard InChI is InChI=1S/C17H22N2O4S/c1-12-11-24(22,23)19(17(12)21)15-8-4-7-14(9-15)16(20)18-10-13-5-2-3-6-13/h4,7-9,12-13H,2-3,5-6,10-11H2,1H3,(H,18,20). The van der Waals surface area contributed by atoms with Gasteiger partial charge in [0.2, 0.25) is 15.9 Å². The molecular formula is C17H22N2O4S. The number of anilines is 1. The molecule has 1 aliphatic carbocycles. The van der Waals surface area contributed by atoms with Gasteiger partial charge in [-0.2, -0.15) is 0 Å². The van der Waals surface area contributed by atoms with Crippen molar-refractivity contribution in [1.29, 1.82) is 0 Å². The van der Waals surface area contributed by atoms with Crippen molar-refractivity contribution < 1.29 is 18.0 Å². The Kier molecular flexibility index (Phi) is 4.62. The summed E-state index contributed by atoms with van der Waals surface area (Å²) >= 11 is 0. The zero-order valence-corrected chi connectivity index (χ0v) is 14.5. The van der Waals surface area contributed by atoms with E-state index in [0.717, 1.165) is 17.1 Å². The number of carbonyl (C=O) groups is 2. The summed E-state index contributed by atoms with van der Waals surface area (Å²) in [5, 5.41) is 2.91. The number of nitrogens with one attached hydrogen (secondary N) is 1. The molecule has 24 heavy (non-hydrogen) atoms. The van der Waals surface area contributed by atoms with Crippen LogP contribution in [0.1, 0.15) is 43.0 Å². The number of benzene rings is 1. The molecule has 1 heterocycles. The van der Waals surface area contributed by atoms with Crippen LogP contribution < -0.4 is 9.62 Å². The van der Waals surface area contributed by atoms with Crippen LogP contribution in [0.2, 0.25) is 0 Å². The number of carbonyl (C=O) groups excluding carboxylic acids is 2. The van der Waals surface area contributed by atoms with Crippen LogP contribution in [0.15, 0.2) is 24.3 Å². The Hall–Kier alpha value is -1.89. The molecule has 0 bridgehead atoms. The van der Waals surface area contributed by atoms with Gasteiger partial charge in [-0.3, -0.25) is 9.59 Å². The van der Waals surface area contributed by atoms with E-state index < -0.39 is 21.8 Å². The Morgan fingerprint density at radius 1 is 1.29 bits per heavy atom. The molecule has 7 heteroatoms. The predicted octanol–water partition coefficient (Wildman–Crippen LogP) is 1.92. The van der Waals surface area contributed by atoms with Crippen molar-refractivity contribution in [3.8, 4) is 0 Å². The first-order valence-electron chi connectivity index (χ1n) is 8.33. The van der Waals surface area contributed by atoms with Crippen LogP contribution in [0.3, 0.4) is 0 Å². The number of rotatable bonds is 4. The molecule has 1 aliphatic heterocycles. The number of hydrogen-bond acceptors (Lipinski definition) is 4. The summed E-state index contributed by atoms with van der Waals surface area (Å²) in [6, 6.07) is 6.24. The zero-order chi connectivity index (χ0) is 17.3. The summed E-state index contributed by atoms with van der Waals surface area (Å²) in [5.41, 5.74) is 0.603. The Morgan fingerprint density at radius 3 is 2.62 bits per heavy atom. The van der Waals surface area contributed by atoms with Crippen molar-refractivity contribution in [3.05, 3.63) is 29.8 Å². The molecule has 1 aromatic rings. The third kappa shape index (κ3) is 3.31. The number of amides is 2. The monoisotopic (exact) mass is 350 g/mol. The lowest BCUT2D eigenvalue weighted by molar-refractivity contribution is -0.119. The summed E-state index contributed by atoms with van der Waals surface area (Å²) < 4.78 is 25.2. The van der Waals surface area contributed by atoms with E-state index in [0.29, 0.717) is 18.0 Å². The van der Waals surface area contributed by atoms with E-state index in [4.69, 9.17) is 0 Å². The van der Waals surface area contributed by atoms with E-state index in [9.17, 15) is 18.0 Å². The van der Waals surface area contributed by atoms with Crippen molar-refractivity contribution in [2.75, 3.05) is 16.6 Å². The smallest absolute Gasteiger partial charge is 0.251 e. The fraction of sp³-hybridized carbons (Fsp3) is 0.529. The van der Waals surface area contributed by atoms with Crippen LogP contribution >= 0.6 is 0 Å². The van der Waals surface area contributed by atoms with Crippen LogP contribution in [0.5, 0.6) is 0 Å². The molecule has 0 radical (unpaired) electrons. The van der Waals surface area contributed by atoms with Crippen LogP contribution in [0.25, 0.3) is 0 Å². The molecule has 0 spiro atoms. The summed E-state index contributed by atoms with van der Waals surface area (Å²) in [6.07, 6.45) is 4.70. The van der Waals surface area contributed by atoms with Gasteiger partial charge in [0.05, 0.1) is 17.4 Å². The average Bonchev–Trinajstić information content (AvgIpc) is 3.11. The minimum Gasteiger partial charge on any atom is -0.352 e. The molecule has 1 saturated carbocycles. The Balaban J connectivity index is 1.76. The second-order valence-corrected chi connectivity index (χ2v) is 8.56. The number of hydrogen-bond donors (Lipinski definition) is 1. The second-order valence-electron chi connectivity index (χ2n) is 6.69. The van der Waals surface area contributed by atoms with E-state index in [2.05, 4.69) is 5.32 Å². The quantitative estimate of drug-likeness (QED) is 0.899. The van der Waals surface area contributed by atoms with Gasteiger partial charge in [0.1, 0.15) is 0 Å². The van der Waals surface area contributed by atoms with Gasteiger partial charge in [-0.25, -0.2) is 12.7 Å². The molecule has 1 atom stereocenters. The molecule has 130 valence electrons. The van der Waals surface area contributed by atoms with Gasteiger partial charge in [-0.15, -0.1) is 0 Å². The van der Waals surface area contributed by atoms with Gasteiger partial charge < -0.3 is 5.32 Å². The predicted molar refractivity (Wildman–Crippen MR) is 91.2 cm³/mol. The highest BCUT2D eigenvalue weighted by molar-refractivity contribution is 7.94. The van der Waals surface area contributed by atoms with Gasteiger partial charge in [-0.1, -0.05) is 25.8 Å². The molecule has 1 N–H and O–H groups in total. The fourth-order valence-electron chi connectivity index (χ4n) is 3.41. The summed E-state index contributed by atoms with van der Waals surface area (Å²) in [7, 11) is -3.65. The Bertz CT molecular complexity index is 754. The van der Waals surface area contributed by atoms with Crippen molar-refractivity contribution >= 4 is 27.5 Å². The Labute approximate surface area is 142 Å². The average molecular weight is 350 g/mol. The molecule has 0 aromatic heterocycles. The lowest BCUT2D eigenvalue weighted by atomic mass is 10.1. The molecule has 2 amide bonds. The number of sulfonamides is 1. The second kappa shape index (κ2) is 6.55. The Morgan fingerprint density at radius 2 is 2.00 bits per heavy atom. The fourth-order valence-corrected chi connectivity index (χ4v) is 5.23. The van der Waals surface area contributed by atoms with E-state index in [1.807, 2.05) is 0 Å².